The molecule has 1 saturated heterocycles. The topological polar surface area (TPSA) is 66.1 Å². The zero-order valence-electron chi connectivity index (χ0n) is 18.0. The number of aromatic amines is 1. The molecule has 0 spiro atoms. The Kier molecular flexibility index (Phi) is 6.08. The van der Waals surface area contributed by atoms with Crippen molar-refractivity contribution >= 4 is 28.5 Å². The summed E-state index contributed by atoms with van der Waals surface area (Å²) in [6.45, 7) is 6.69. The summed E-state index contributed by atoms with van der Waals surface area (Å²) in [5.74, 6) is 0.809. The highest BCUT2D eigenvalue weighted by molar-refractivity contribution is 6.30. The van der Waals surface area contributed by atoms with E-state index in [4.69, 9.17) is 16.3 Å². The van der Waals surface area contributed by atoms with Crippen LogP contribution in [0.4, 0.5) is 5.82 Å². The zero-order chi connectivity index (χ0) is 21.9. The number of halogens is 1. The van der Waals surface area contributed by atoms with Crippen molar-refractivity contribution in [1.29, 1.82) is 0 Å². The second-order valence-corrected chi connectivity index (χ2v) is 8.61. The number of nitrogens with zero attached hydrogens (tertiary/aromatic N) is 3. The molecule has 1 aliphatic heterocycles. The maximum absolute atomic E-state index is 6.02. The van der Waals surface area contributed by atoms with Crippen molar-refractivity contribution < 1.29 is 4.74 Å². The van der Waals surface area contributed by atoms with Crippen LogP contribution in [0.5, 0.6) is 0 Å². The lowest BCUT2D eigenvalue weighted by Crippen LogP contribution is -2.35. The van der Waals surface area contributed by atoms with E-state index in [9.17, 15) is 0 Å². The van der Waals surface area contributed by atoms with Crippen molar-refractivity contribution in [2.45, 2.75) is 19.5 Å². The number of rotatable bonds is 6. The molecule has 0 radical (unpaired) electrons. The van der Waals surface area contributed by atoms with Crippen LogP contribution in [0.1, 0.15) is 24.1 Å². The van der Waals surface area contributed by atoms with Crippen LogP contribution in [-0.2, 0) is 11.3 Å². The molecule has 2 N–H and O–H groups in total. The summed E-state index contributed by atoms with van der Waals surface area (Å²) in [5.41, 5.74) is 5.43. The van der Waals surface area contributed by atoms with Crippen molar-refractivity contribution in [2.75, 3.05) is 31.6 Å². The van der Waals surface area contributed by atoms with E-state index in [0.717, 1.165) is 71.5 Å². The molecule has 4 aromatic rings. The molecule has 2 aromatic carbocycles. The van der Waals surface area contributed by atoms with Gasteiger partial charge in [0.15, 0.2) is 0 Å². The van der Waals surface area contributed by atoms with Gasteiger partial charge in [0.25, 0.3) is 0 Å². The fourth-order valence-corrected chi connectivity index (χ4v) is 4.18. The van der Waals surface area contributed by atoms with Crippen molar-refractivity contribution in [1.82, 2.24) is 19.9 Å². The lowest BCUT2D eigenvalue weighted by Gasteiger charge is -2.26. The molecule has 6 nitrogen and oxygen atoms in total. The number of fused-ring (bicyclic) bond motifs is 1. The summed E-state index contributed by atoms with van der Waals surface area (Å²) in [5, 5.41) is 5.22. The average Bonchev–Trinajstić information content (AvgIpc) is 3.26. The molecule has 32 heavy (non-hydrogen) atoms. The number of H-pyrrole nitrogens is 1. The maximum atomic E-state index is 6.02. The highest BCUT2D eigenvalue weighted by Crippen LogP contribution is 2.29. The Hall–Kier alpha value is -2.93. The van der Waals surface area contributed by atoms with Crippen LogP contribution in [0.2, 0.25) is 5.02 Å². The van der Waals surface area contributed by atoms with Crippen LogP contribution in [-0.4, -0.2) is 46.2 Å². The summed E-state index contributed by atoms with van der Waals surface area (Å²) >= 11 is 6.02. The Bertz CT molecular complexity index is 1180. The predicted octanol–water partition coefficient (Wildman–Crippen LogP) is 5.28. The number of hydrogen-bond acceptors (Lipinski definition) is 5. The molecule has 0 unspecified atom stereocenters. The van der Waals surface area contributed by atoms with Gasteiger partial charge in [-0.1, -0.05) is 48.0 Å². The van der Waals surface area contributed by atoms with Crippen LogP contribution in [0.3, 0.4) is 0 Å². The van der Waals surface area contributed by atoms with Crippen LogP contribution in [0.25, 0.3) is 22.3 Å². The predicted molar refractivity (Wildman–Crippen MR) is 129 cm³/mol. The molecule has 2 aromatic heterocycles. The van der Waals surface area contributed by atoms with Gasteiger partial charge in [-0.3, -0.25) is 4.90 Å². The van der Waals surface area contributed by atoms with Gasteiger partial charge < -0.3 is 15.0 Å². The van der Waals surface area contributed by atoms with Gasteiger partial charge in [-0.25, -0.2) is 9.97 Å². The SMILES string of the molecule is C[C@@H](Nc1ncnc2[nH]c(-c3ccc(CN4CCOCC4)cc3)cc12)c1ccc(Cl)cc1. The molecule has 164 valence electrons. The molecule has 0 aliphatic carbocycles. The van der Waals surface area contributed by atoms with Gasteiger partial charge >= 0.3 is 0 Å². The fraction of sp³-hybridized carbons (Fsp3) is 0.280. The van der Waals surface area contributed by atoms with Gasteiger partial charge in [0.1, 0.15) is 17.8 Å². The van der Waals surface area contributed by atoms with E-state index in [-0.39, 0.29) is 6.04 Å². The molecule has 0 amide bonds. The highest BCUT2D eigenvalue weighted by Gasteiger charge is 2.14. The number of ether oxygens (including phenoxy) is 1. The largest absolute Gasteiger partial charge is 0.379 e. The molecular weight excluding hydrogens is 422 g/mol. The van der Waals surface area contributed by atoms with Crippen LogP contribution in [0, 0.1) is 0 Å². The number of anilines is 1. The number of morpholine rings is 1. The van der Waals surface area contributed by atoms with E-state index >= 15 is 0 Å². The first-order valence-corrected chi connectivity index (χ1v) is 11.3. The first kappa shape index (κ1) is 20.9. The molecule has 0 bridgehead atoms. The van der Waals surface area contributed by atoms with Crippen molar-refractivity contribution in [3.05, 3.63) is 77.1 Å². The van der Waals surface area contributed by atoms with E-state index in [1.54, 1.807) is 6.33 Å². The van der Waals surface area contributed by atoms with Gasteiger partial charge in [0, 0.05) is 36.4 Å². The van der Waals surface area contributed by atoms with E-state index in [1.165, 1.54) is 5.56 Å². The van der Waals surface area contributed by atoms with Gasteiger partial charge in [-0.05, 0) is 41.8 Å². The molecule has 7 heteroatoms. The molecule has 0 saturated carbocycles. The third-order valence-corrected chi connectivity index (χ3v) is 6.18. The Morgan fingerprint density at radius 3 is 2.56 bits per heavy atom. The maximum Gasteiger partial charge on any atom is 0.143 e. The van der Waals surface area contributed by atoms with E-state index in [1.807, 2.05) is 24.3 Å². The van der Waals surface area contributed by atoms with Gasteiger partial charge in [0.05, 0.1) is 18.6 Å². The molecule has 1 atom stereocenters. The second kappa shape index (κ2) is 9.28. The minimum Gasteiger partial charge on any atom is -0.379 e. The third-order valence-electron chi connectivity index (χ3n) is 5.92. The Labute approximate surface area is 192 Å². The Morgan fingerprint density at radius 1 is 1.06 bits per heavy atom. The van der Waals surface area contributed by atoms with Gasteiger partial charge in [0.2, 0.25) is 0 Å². The number of aromatic nitrogens is 3. The lowest BCUT2D eigenvalue weighted by atomic mass is 10.1. The van der Waals surface area contributed by atoms with E-state index < -0.39 is 0 Å². The Balaban J connectivity index is 1.35. The fourth-order valence-electron chi connectivity index (χ4n) is 4.06. The minimum absolute atomic E-state index is 0.0863. The van der Waals surface area contributed by atoms with Crippen molar-refractivity contribution in [3.8, 4) is 11.3 Å². The molecule has 5 rings (SSSR count). The van der Waals surface area contributed by atoms with Gasteiger partial charge in [-0.2, -0.15) is 0 Å². The van der Waals surface area contributed by atoms with Crippen molar-refractivity contribution in [3.63, 3.8) is 0 Å². The first-order chi connectivity index (χ1) is 15.7. The summed E-state index contributed by atoms with van der Waals surface area (Å²) in [4.78, 5) is 14.8. The highest BCUT2D eigenvalue weighted by atomic mass is 35.5. The third kappa shape index (κ3) is 4.63. The summed E-state index contributed by atoms with van der Waals surface area (Å²) < 4.78 is 5.44. The normalized spacial score (nSPS) is 15.7. The standard InChI is InChI=1S/C25H26ClN5O/c1-17(19-6-8-21(26)9-7-19)29-24-22-14-23(30-25(22)28-16-27-24)20-4-2-18(3-5-20)15-31-10-12-32-13-11-31/h2-9,14,16-17H,10-13,15H2,1H3,(H2,27,28,29,30)/t17-/m1/s1. The number of hydrogen-bond donors (Lipinski definition) is 2. The zero-order valence-corrected chi connectivity index (χ0v) is 18.8. The lowest BCUT2D eigenvalue weighted by molar-refractivity contribution is 0.0342. The van der Waals surface area contributed by atoms with Gasteiger partial charge in [-0.15, -0.1) is 0 Å². The molecule has 3 heterocycles. The number of benzene rings is 2. The monoisotopic (exact) mass is 447 g/mol. The summed E-state index contributed by atoms with van der Waals surface area (Å²) in [6.07, 6.45) is 1.59. The van der Waals surface area contributed by atoms with Crippen LogP contribution in [0.15, 0.2) is 60.9 Å². The number of nitrogens with one attached hydrogen (secondary N) is 2. The van der Waals surface area contributed by atoms with Crippen molar-refractivity contribution in [2.24, 2.45) is 0 Å². The summed E-state index contributed by atoms with van der Waals surface area (Å²) in [6, 6.07) is 18.8. The summed E-state index contributed by atoms with van der Waals surface area (Å²) in [7, 11) is 0. The second-order valence-electron chi connectivity index (χ2n) is 8.17. The molecule has 1 aliphatic rings. The minimum atomic E-state index is 0.0863. The first-order valence-electron chi connectivity index (χ1n) is 10.9. The van der Waals surface area contributed by atoms with E-state index in [0.29, 0.717) is 0 Å². The van der Waals surface area contributed by atoms with Crippen LogP contribution >= 0.6 is 11.6 Å². The Morgan fingerprint density at radius 2 is 1.81 bits per heavy atom. The molecular formula is C25H26ClN5O. The smallest absolute Gasteiger partial charge is 0.143 e. The molecule has 1 fully saturated rings. The quantitative estimate of drug-likeness (QED) is 0.420. The average molecular weight is 448 g/mol. The van der Waals surface area contributed by atoms with E-state index in [2.05, 4.69) is 62.4 Å². The van der Waals surface area contributed by atoms with Crippen LogP contribution < -0.4 is 5.32 Å².